The van der Waals surface area contributed by atoms with Gasteiger partial charge >= 0.3 is 0 Å². The van der Waals surface area contributed by atoms with Crippen LogP contribution in [0.3, 0.4) is 0 Å². The largest absolute Gasteiger partial charge is 0.309 e. The van der Waals surface area contributed by atoms with Crippen molar-refractivity contribution in [2.75, 3.05) is 13.1 Å². The van der Waals surface area contributed by atoms with Crippen molar-refractivity contribution in [2.24, 2.45) is 5.92 Å². The van der Waals surface area contributed by atoms with E-state index in [2.05, 4.69) is 23.3 Å². The van der Waals surface area contributed by atoms with Gasteiger partial charge < -0.3 is 5.32 Å². The first kappa shape index (κ1) is 17.4. The maximum atomic E-state index is 12.3. The van der Waals surface area contributed by atoms with Crippen molar-refractivity contribution in [2.45, 2.75) is 51.4 Å². The molecule has 1 saturated heterocycles. The van der Waals surface area contributed by atoms with Crippen LogP contribution in [-0.2, 0) is 16.6 Å². The first-order valence-corrected chi connectivity index (χ1v) is 9.56. The third-order valence-electron chi connectivity index (χ3n) is 4.47. The molecule has 1 aliphatic heterocycles. The van der Waals surface area contributed by atoms with Crippen LogP contribution >= 0.6 is 0 Å². The Kier molecular flexibility index (Phi) is 5.94. The molecule has 1 fully saturated rings. The number of nitrogens with zero attached hydrogens (tertiary/aromatic N) is 2. The Morgan fingerprint density at radius 1 is 1.45 bits per heavy atom. The SMILES string of the molecule is CC[C@@H]1CN(S(=O)(=O)C(C)C)CC[C@@H]1NCc1cccnc1. The molecular formula is C16H27N3O2S. The molecule has 1 aliphatic rings. The van der Waals surface area contributed by atoms with Crippen LogP contribution in [0.2, 0.25) is 0 Å². The maximum Gasteiger partial charge on any atom is 0.216 e. The first-order chi connectivity index (χ1) is 10.4. The van der Waals surface area contributed by atoms with Crippen LogP contribution in [0, 0.1) is 5.92 Å². The predicted molar refractivity (Wildman–Crippen MR) is 88.9 cm³/mol. The van der Waals surface area contributed by atoms with Gasteiger partial charge in [0.15, 0.2) is 0 Å². The van der Waals surface area contributed by atoms with Crippen LogP contribution in [0.25, 0.3) is 0 Å². The lowest BCUT2D eigenvalue weighted by Crippen LogP contribution is -2.51. The molecule has 0 radical (unpaired) electrons. The van der Waals surface area contributed by atoms with E-state index >= 15 is 0 Å². The summed E-state index contributed by atoms with van der Waals surface area (Å²) in [5.41, 5.74) is 1.16. The molecule has 0 aromatic carbocycles. The number of aromatic nitrogens is 1. The lowest BCUT2D eigenvalue weighted by molar-refractivity contribution is 0.200. The van der Waals surface area contributed by atoms with Gasteiger partial charge in [0, 0.05) is 38.1 Å². The minimum atomic E-state index is -3.14. The van der Waals surface area contributed by atoms with Crippen LogP contribution in [0.5, 0.6) is 0 Å². The summed E-state index contributed by atoms with van der Waals surface area (Å²) in [6.07, 6.45) is 5.49. The predicted octanol–water partition coefficient (Wildman–Crippen LogP) is 2.01. The standard InChI is InChI=1S/C16H27N3O2S/c1-4-15-12-19(22(20,21)13(2)3)9-7-16(15)18-11-14-6-5-8-17-10-14/h5-6,8,10,13,15-16,18H,4,7,9,11-12H2,1-3H3/t15-,16+/m1/s1. The molecule has 2 heterocycles. The second kappa shape index (κ2) is 7.53. The third kappa shape index (κ3) is 4.06. The van der Waals surface area contributed by atoms with Crippen LogP contribution in [0.15, 0.2) is 24.5 Å². The smallest absolute Gasteiger partial charge is 0.216 e. The Labute approximate surface area is 134 Å². The zero-order chi connectivity index (χ0) is 16.2. The van der Waals surface area contributed by atoms with Gasteiger partial charge in [0.2, 0.25) is 10.0 Å². The van der Waals surface area contributed by atoms with Crippen molar-refractivity contribution < 1.29 is 8.42 Å². The minimum Gasteiger partial charge on any atom is -0.309 e. The third-order valence-corrected chi connectivity index (χ3v) is 6.71. The highest BCUT2D eigenvalue weighted by molar-refractivity contribution is 7.89. The molecule has 0 saturated carbocycles. The fourth-order valence-corrected chi connectivity index (χ4v) is 4.32. The lowest BCUT2D eigenvalue weighted by Gasteiger charge is -2.38. The van der Waals surface area contributed by atoms with Gasteiger partial charge in [-0.15, -0.1) is 0 Å². The van der Waals surface area contributed by atoms with Crippen LogP contribution < -0.4 is 5.32 Å². The zero-order valence-corrected chi connectivity index (χ0v) is 14.5. The Morgan fingerprint density at radius 3 is 2.82 bits per heavy atom. The molecule has 2 rings (SSSR count). The van der Waals surface area contributed by atoms with E-state index in [0.717, 1.165) is 24.9 Å². The van der Waals surface area contributed by atoms with Crippen molar-refractivity contribution in [1.82, 2.24) is 14.6 Å². The van der Waals surface area contributed by atoms with Crippen LogP contribution in [0.4, 0.5) is 0 Å². The second-order valence-corrected chi connectivity index (χ2v) is 8.75. The van der Waals surface area contributed by atoms with Crippen molar-refractivity contribution in [3.63, 3.8) is 0 Å². The van der Waals surface area contributed by atoms with E-state index in [1.807, 2.05) is 12.3 Å². The number of hydrogen-bond acceptors (Lipinski definition) is 4. The van der Waals surface area contributed by atoms with Crippen molar-refractivity contribution in [3.05, 3.63) is 30.1 Å². The van der Waals surface area contributed by atoms with E-state index in [4.69, 9.17) is 0 Å². The zero-order valence-electron chi connectivity index (χ0n) is 13.7. The molecule has 5 nitrogen and oxygen atoms in total. The summed E-state index contributed by atoms with van der Waals surface area (Å²) < 4.78 is 26.3. The Morgan fingerprint density at radius 2 is 2.23 bits per heavy atom. The van der Waals surface area contributed by atoms with Gasteiger partial charge in [-0.25, -0.2) is 12.7 Å². The lowest BCUT2D eigenvalue weighted by atomic mass is 9.91. The van der Waals surface area contributed by atoms with Gasteiger partial charge in [0.25, 0.3) is 0 Å². The highest BCUT2D eigenvalue weighted by atomic mass is 32.2. The fourth-order valence-electron chi connectivity index (χ4n) is 2.96. The monoisotopic (exact) mass is 325 g/mol. The van der Waals surface area contributed by atoms with Gasteiger partial charge in [-0.3, -0.25) is 4.98 Å². The number of nitrogens with one attached hydrogen (secondary N) is 1. The molecule has 6 heteroatoms. The molecule has 0 unspecified atom stereocenters. The molecule has 1 aromatic rings. The van der Waals surface area contributed by atoms with Gasteiger partial charge in [-0.1, -0.05) is 19.4 Å². The van der Waals surface area contributed by atoms with E-state index in [9.17, 15) is 8.42 Å². The van der Waals surface area contributed by atoms with E-state index in [1.54, 1.807) is 24.3 Å². The molecule has 124 valence electrons. The summed E-state index contributed by atoms with van der Waals surface area (Å²) >= 11 is 0. The first-order valence-electron chi connectivity index (χ1n) is 8.06. The summed E-state index contributed by atoms with van der Waals surface area (Å²) in [6.45, 7) is 7.66. The molecular weight excluding hydrogens is 298 g/mol. The quantitative estimate of drug-likeness (QED) is 0.869. The summed E-state index contributed by atoms with van der Waals surface area (Å²) in [5.74, 6) is 0.360. The summed E-state index contributed by atoms with van der Waals surface area (Å²) in [5, 5.41) is 3.24. The van der Waals surface area contributed by atoms with E-state index in [0.29, 0.717) is 25.0 Å². The second-order valence-electron chi connectivity index (χ2n) is 6.26. The van der Waals surface area contributed by atoms with Crippen molar-refractivity contribution >= 4 is 10.0 Å². The highest BCUT2D eigenvalue weighted by Crippen LogP contribution is 2.24. The number of pyridine rings is 1. The molecule has 22 heavy (non-hydrogen) atoms. The minimum absolute atomic E-state index is 0.343. The van der Waals surface area contributed by atoms with Crippen LogP contribution in [0.1, 0.15) is 39.2 Å². The van der Waals surface area contributed by atoms with Crippen molar-refractivity contribution in [3.8, 4) is 0 Å². The average Bonchev–Trinajstić information content (AvgIpc) is 2.53. The van der Waals surface area contributed by atoms with Gasteiger partial charge in [-0.2, -0.15) is 0 Å². The molecule has 0 bridgehead atoms. The van der Waals surface area contributed by atoms with Gasteiger partial charge in [0.05, 0.1) is 5.25 Å². The molecule has 0 amide bonds. The Hall–Kier alpha value is -0.980. The molecule has 2 atom stereocenters. The molecule has 0 spiro atoms. The normalized spacial score (nSPS) is 23.8. The Bertz CT molecular complexity index is 560. The van der Waals surface area contributed by atoms with Gasteiger partial charge in [0.1, 0.15) is 0 Å². The number of hydrogen-bond donors (Lipinski definition) is 1. The van der Waals surface area contributed by atoms with E-state index in [1.165, 1.54) is 0 Å². The average molecular weight is 325 g/mol. The number of sulfonamides is 1. The molecule has 1 aromatic heterocycles. The summed E-state index contributed by atoms with van der Waals surface area (Å²) in [7, 11) is -3.14. The van der Waals surface area contributed by atoms with Crippen molar-refractivity contribution in [1.29, 1.82) is 0 Å². The van der Waals surface area contributed by atoms with Crippen LogP contribution in [-0.4, -0.2) is 42.1 Å². The van der Waals surface area contributed by atoms with E-state index in [-0.39, 0.29) is 5.25 Å². The summed E-state index contributed by atoms with van der Waals surface area (Å²) in [4.78, 5) is 4.12. The molecule has 1 N–H and O–H groups in total. The summed E-state index contributed by atoms with van der Waals surface area (Å²) in [6, 6.07) is 4.36. The maximum absolute atomic E-state index is 12.3. The van der Waals surface area contributed by atoms with Gasteiger partial charge in [-0.05, 0) is 37.8 Å². The topological polar surface area (TPSA) is 62.3 Å². The van der Waals surface area contributed by atoms with E-state index < -0.39 is 10.0 Å². The highest BCUT2D eigenvalue weighted by Gasteiger charge is 2.34. The molecule has 0 aliphatic carbocycles. The number of rotatable bonds is 6. The fraction of sp³-hybridized carbons (Fsp3) is 0.688. The number of piperidine rings is 1. The Balaban J connectivity index is 1.96.